The Hall–Kier alpha value is -1.84. The highest BCUT2D eigenvalue weighted by Crippen LogP contribution is 2.30. The third-order valence-corrected chi connectivity index (χ3v) is 3.87. The second-order valence-electron chi connectivity index (χ2n) is 4.93. The predicted molar refractivity (Wildman–Crippen MR) is 81.2 cm³/mol. The minimum Gasteiger partial charge on any atom is -0.489 e. The molecule has 0 fully saturated rings. The summed E-state index contributed by atoms with van der Waals surface area (Å²) < 4.78 is 11.5. The monoisotopic (exact) mass is 302 g/mol. The zero-order valence-electron chi connectivity index (χ0n) is 11.4. The molecule has 1 unspecified atom stereocenters. The molecular weight excluding hydrogens is 288 g/mol. The van der Waals surface area contributed by atoms with Crippen LogP contribution in [0.2, 0.25) is 5.02 Å². The van der Waals surface area contributed by atoms with Crippen LogP contribution in [0.5, 0.6) is 5.75 Å². The molecule has 0 aromatic heterocycles. The maximum atomic E-state index is 10.7. The van der Waals surface area contributed by atoms with E-state index in [0.717, 1.165) is 12.7 Å². The van der Waals surface area contributed by atoms with Gasteiger partial charge in [-0.2, -0.15) is 0 Å². The van der Waals surface area contributed by atoms with Gasteiger partial charge in [-0.05, 0) is 35.7 Å². The van der Waals surface area contributed by atoms with Gasteiger partial charge in [-0.1, -0.05) is 35.9 Å². The normalized spacial score (nSPS) is 17.1. The van der Waals surface area contributed by atoms with Gasteiger partial charge in [-0.15, -0.1) is 0 Å². The van der Waals surface area contributed by atoms with Crippen LogP contribution in [0.3, 0.4) is 0 Å². The number of rotatable bonds is 4. The van der Waals surface area contributed by atoms with Crippen LogP contribution in [-0.2, 0) is 11.2 Å². The molecule has 2 aromatic carbocycles. The number of fused-ring (bicyclic) bond motifs is 1. The molecule has 0 bridgehead atoms. The van der Waals surface area contributed by atoms with Gasteiger partial charge in [-0.3, -0.25) is 4.79 Å². The van der Waals surface area contributed by atoms with Gasteiger partial charge >= 0.3 is 0 Å². The van der Waals surface area contributed by atoms with E-state index >= 15 is 0 Å². The molecule has 0 radical (unpaired) electrons. The van der Waals surface area contributed by atoms with Crippen molar-refractivity contribution in [3.63, 3.8) is 0 Å². The largest absolute Gasteiger partial charge is 0.489 e. The number of hydrogen-bond donors (Lipinski definition) is 0. The Morgan fingerprint density at radius 3 is 2.95 bits per heavy atom. The number of carbonyl (C=O) groups is 1. The van der Waals surface area contributed by atoms with E-state index in [-0.39, 0.29) is 6.10 Å². The lowest BCUT2D eigenvalue weighted by Crippen LogP contribution is -2.21. The third kappa shape index (κ3) is 3.09. The summed E-state index contributed by atoms with van der Waals surface area (Å²) in [5.41, 5.74) is 3.01. The summed E-state index contributed by atoms with van der Waals surface area (Å²) >= 11 is 6.10. The number of benzene rings is 2. The smallest absolute Gasteiger partial charge is 0.150 e. The van der Waals surface area contributed by atoms with Crippen LogP contribution in [0.1, 0.15) is 27.6 Å². The SMILES string of the molecule is O=Cc1ccc(OCC2OCCc3ccccc32)c(Cl)c1. The second-order valence-corrected chi connectivity index (χ2v) is 5.33. The molecule has 0 saturated heterocycles. The van der Waals surface area contributed by atoms with E-state index in [0.29, 0.717) is 29.5 Å². The van der Waals surface area contributed by atoms with Gasteiger partial charge in [0.25, 0.3) is 0 Å². The molecule has 2 aromatic rings. The highest BCUT2D eigenvalue weighted by Gasteiger charge is 2.21. The summed E-state index contributed by atoms with van der Waals surface area (Å²) in [6, 6.07) is 13.2. The molecule has 1 aliphatic heterocycles. The van der Waals surface area contributed by atoms with Crippen LogP contribution >= 0.6 is 11.6 Å². The molecule has 0 spiro atoms. The first kappa shape index (κ1) is 14.1. The average Bonchev–Trinajstić information content (AvgIpc) is 2.53. The van der Waals surface area contributed by atoms with Gasteiger partial charge in [0.15, 0.2) is 0 Å². The topological polar surface area (TPSA) is 35.5 Å². The number of ether oxygens (including phenoxy) is 2. The Balaban J connectivity index is 1.73. The Bertz CT molecular complexity index is 654. The van der Waals surface area contributed by atoms with Crippen molar-refractivity contribution in [1.29, 1.82) is 0 Å². The van der Waals surface area contributed by atoms with Crippen LogP contribution in [0.15, 0.2) is 42.5 Å². The zero-order valence-corrected chi connectivity index (χ0v) is 12.2. The molecule has 3 nitrogen and oxygen atoms in total. The van der Waals surface area contributed by atoms with Crippen LogP contribution < -0.4 is 4.74 Å². The van der Waals surface area contributed by atoms with Crippen LogP contribution in [0.25, 0.3) is 0 Å². The molecule has 1 heterocycles. The van der Waals surface area contributed by atoms with Crippen molar-refractivity contribution in [2.75, 3.05) is 13.2 Å². The highest BCUT2D eigenvalue weighted by molar-refractivity contribution is 6.32. The van der Waals surface area contributed by atoms with E-state index in [1.54, 1.807) is 18.2 Å². The molecule has 0 aliphatic carbocycles. The Morgan fingerprint density at radius 2 is 2.14 bits per heavy atom. The summed E-state index contributed by atoms with van der Waals surface area (Å²) in [7, 11) is 0. The number of halogens is 1. The number of aldehydes is 1. The molecule has 21 heavy (non-hydrogen) atoms. The van der Waals surface area contributed by atoms with Crippen LogP contribution in [-0.4, -0.2) is 19.5 Å². The second kappa shape index (κ2) is 6.29. The summed E-state index contributed by atoms with van der Waals surface area (Å²) in [6.07, 6.45) is 1.61. The van der Waals surface area contributed by atoms with E-state index in [4.69, 9.17) is 21.1 Å². The highest BCUT2D eigenvalue weighted by atomic mass is 35.5. The lowest BCUT2D eigenvalue weighted by molar-refractivity contribution is 0.0102. The van der Waals surface area contributed by atoms with Crippen molar-refractivity contribution in [2.45, 2.75) is 12.5 Å². The molecule has 1 atom stereocenters. The first-order valence-electron chi connectivity index (χ1n) is 6.85. The predicted octanol–water partition coefficient (Wildman–Crippen LogP) is 3.85. The van der Waals surface area contributed by atoms with Gasteiger partial charge in [0, 0.05) is 5.56 Å². The fraction of sp³-hybridized carbons (Fsp3) is 0.235. The molecule has 108 valence electrons. The number of hydrogen-bond acceptors (Lipinski definition) is 3. The lowest BCUT2D eigenvalue weighted by Gasteiger charge is -2.26. The fourth-order valence-corrected chi connectivity index (χ4v) is 2.73. The van der Waals surface area contributed by atoms with Gasteiger partial charge in [0.1, 0.15) is 24.7 Å². The summed E-state index contributed by atoms with van der Waals surface area (Å²) in [6.45, 7) is 1.10. The molecule has 1 aliphatic rings. The number of carbonyl (C=O) groups excluding carboxylic acids is 1. The maximum Gasteiger partial charge on any atom is 0.150 e. The third-order valence-electron chi connectivity index (χ3n) is 3.57. The average molecular weight is 303 g/mol. The van der Waals surface area contributed by atoms with Gasteiger partial charge < -0.3 is 9.47 Å². The molecule has 0 saturated carbocycles. The lowest BCUT2D eigenvalue weighted by atomic mass is 9.98. The standard InChI is InChI=1S/C17H15ClO3/c18-15-9-12(10-19)5-6-16(15)21-11-17-14-4-2-1-3-13(14)7-8-20-17/h1-6,9-10,17H,7-8,11H2. The zero-order chi connectivity index (χ0) is 14.7. The van der Waals surface area contributed by atoms with Crippen molar-refractivity contribution in [3.8, 4) is 5.75 Å². The van der Waals surface area contributed by atoms with Gasteiger partial charge in [0.05, 0.1) is 11.6 Å². The summed E-state index contributed by atoms with van der Waals surface area (Å²) in [4.78, 5) is 10.7. The molecule has 4 heteroatoms. The van der Waals surface area contributed by atoms with E-state index in [9.17, 15) is 4.79 Å². The fourth-order valence-electron chi connectivity index (χ4n) is 2.49. The minimum absolute atomic E-state index is 0.0863. The van der Waals surface area contributed by atoms with E-state index in [1.165, 1.54) is 11.1 Å². The molecule has 0 N–H and O–H groups in total. The minimum atomic E-state index is -0.0863. The Labute approximate surface area is 128 Å². The van der Waals surface area contributed by atoms with Crippen molar-refractivity contribution >= 4 is 17.9 Å². The summed E-state index contributed by atoms with van der Waals surface area (Å²) in [5.74, 6) is 0.564. The Morgan fingerprint density at radius 1 is 1.29 bits per heavy atom. The quantitative estimate of drug-likeness (QED) is 0.805. The Kier molecular flexibility index (Phi) is 4.23. The first-order valence-corrected chi connectivity index (χ1v) is 7.22. The van der Waals surface area contributed by atoms with Crippen molar-refractivity contribution in [3.05, 3.63) is 64.2 Å². The molecular formula is C17H15ClO3. The van der Waals surface area contributed by atoms with Crippen molar-refractivity contribution < 1.29 is 14.3 Å². The molecule has 3 rings (SSSR count). The van der Waals surface area contributed by atoms with Crippen molar-refractivity contribution in [2.24, 2.45) is 0 Å². The first-order chi connectivity index (χ1) is 10.3. The van der Waals surface area contributed by atoms with Gasteiger partial charge in [0.2, 0.25) is 0 Å². The van der Waals surface area contributed by atoms with E-state index < -0.39 is 0 Å². The van der Waals surface area contributed by atoms with E-state index in [2.05, 4.69) is 12.1 Å². The van der Waals surface area contributed by atoms with Crippen LogP contribution in [0.4, 0.5) is 0 Å². The van der Waals surface area contributed by atoms with Crippen molar-refractivity contribution in [1.82, 2.24) is 0 Å². The van der Waals surface area contributed by atoms with Gasteiger partial charge in [-0.25, -0.2) is 0 Å². The van der Waals surface area contributed by atoms with Crippen LogP contribution in [0, 0.1) is 0 Å². The van der Waals surface area contributed by atoms with E-state index in [1.807, 2.05) is 12.1 Å². The molecule has 0 amide bonds. The summed E-state index contributed by atoms with van der Waals surface area (Å²) in [5, 5.41) is 0.434. The maximum absolute atomic E-state index is 10.7.